The van der Waals surface area contributed by atoms with Gasteiger partial charge in [-0.2, -0.15) is 0 Å². The molecule has 2 fully saturated rings. The van der Waals surface area contributed by atoms with E-state index in [1.54, 1.807) is 24.3 Å². The first-order valence-electron chi connectivity index (χ1n) is 9.85. The van der Waals surface area contributed by atoms with Crippen molar-refractivity contribution in [3.63, 3.8) is 0 Å². The van der Waals surface area contributed by atoms with E-state index in [4.69, 9.17) is 10.5 Å². The minimum Gasteiger partial charge on any atom is -0.368 e. The molecule has 0 bridgehead atoms. The number of nitrogens with one attached hydrogen (secondary N) is 1. The maximum Gasteiger partial charge on any atom is 0.251 e. The number of hydrogen-bond acceptors (Lipinski definition) is 5. The number of ether oxygens (including phenoxy) is 1. The monoisotopic (exact) mass is 388 g/mol. The fourth-order valence-electron chi connectivity index (χ4n) is 3.59. The number of nitrogens with two attached hydrogens (primary N) is 1. The number of anilines is 1. The number of amides is 3. The van der Waals surface area contributed by atoms with Crippen LogP contribution in [0.1, 0.15) is 36.0 Å². The van der Waals surface area contributed by atoms with Crippen LogP contribution in [0.5, 0.6) is 0 Å². The second kappa shape index (κ2) is 9.66. The van der Waals surface area contributed by atoms with Crippen LogP contribution in [0.25, 0.3) is 0 Å². The lowest BCUT2D eigenvalue weighted by Crippen LogP contribution is -2.41. The molecule has 2 aliphatic heterocycles. The Morgan fingerprint density at radius 3 is 2.54 bits per heavy atom. The first kappa shape index (κ1) is 20.3. The summed E-state index contributed by atoms with van der Waals surface area (Å²) < 4.78 is 5.51. The Bertz CT molecular complexity index is 701. The predicted octanol–water partition coefficient (Wildman–Crippen LogP) is 0.827. The summed E-state index contributed by atoms with van der Waals surface area (Å²) in [5.74, 6) is -0.467. The molecule has 2 heterocycles. The van der Waals surface area contributed by atoms with E-state index in [0.29, 0.717) is 37.4 Å². The molecule has 2 saturated heterocycles. The van der Waals surface area contributed by atoms with Crippen LogP contribution in [0.3, 0.4) is 0 Å². The fourth-order valence-corrected chi connectivity index (χ4v) is 3.59. The summed E-state index contributed by atoms with van der Waals surface area (Å²) in [6, 6.07) is 6.51. The molecule has 8 nitrogen and oxygen atoms in total. The zero-order valence-electron chi connectivity index (χ0n) is 16.1. The molecule has 1 aromatic rings. The molecule has 0 unspecified atom stereocenters. The van der Waals surface area contributed by atoms with E-state index in [0.717, 1.165) is 38.9 Å². The van der Waals surface area contributed by atoms with Crippen molar-refractivity contribution in [3.8, 4) is 0 Å². The molecular weight excluding hydrogens is 360 g/mol. The minimum absolute atomic E-state index is 0.0802. The van der Waals surface area contributed by atoms with Crippen molar-refractivity contribution in [3.05, 3.63) is 29.8 Å². The topological polar surface area (TPSA) is 105 Å². The average Bonchev–Trinajstić information content (AvgIpc) is 3.12. The molecule has 0 aromatic heterocycles. The van der Waals surface area contributed by atoms with Gasteiger partial charge in [0.25, 0.3) is 5.91 Å². The summed E-state index contributed by atoms with van der Waals surface area (Å²) in [4.78, 5) is 39.9. The maximum absolute atomic E-state index is 12.5. The molecule has 152 valence electrons. The zero-order valence-corrected chi connectivity index (χ0v) is 16.1. The van der Waals surface area contributed by atoms with Crippen molar-refractivity contribution in [1.82, 2.24) is 9.80 Å². The molecule has 0 aliphatic carbocycles. The second-order valence-corrected chi connectivity index (χ2v) is 7.26. The number of rotatable bonds is 6. The Kier molecular flexibility index (Phi) is 7.00. The average molecular weight is 388 g/mol. The number of carbonyl (C=O) groups is 3. The van der Waals surface area contributed by atoms with Crippen molar-refractivity contribution in [2.75, 3.05) is 44.6 Å². The number of primary amides is 1. The van der Waals surface area contributed by atoms with Crippen molar-refractivity contribution in [2.24, 2.45) is 5.73 Å². The maximum atomic E-state index is 12.5. The smallest absolute Gasteiger partial charge is 0.251 e. The summed E-state index contributed by atoms with van der Waals surface area (Å²) >= 11 is 0. The lowest BCUT2D eigenvalue weighted by atomic mass is 10.2. The van der Waals surface area contributed by atoms with Crippen molar-refractivity contribution in [2.45, 2.75) is 31.8 Å². The van der Waals surface area contributed by atoms with Gasteiger partial charge in [-0.3, -0.25) is 14.4 Å². The van der Waals surface area contributed by atoms with E-state index in [1.165, 1.54) is 0 Å². The summed E-state index contributed by atoms with van der Waals surface area (Å²) in [5, 5.41) is 2.83. The van der Waals surface area contributed by atoms with E-state index in [1.807, 2.05) is 4.90 Å². The van der Waals surface area contributed by atoms with E-state index in [9.17, 15) is 14.4 Å². The van der Waals surface area contributed by atoms with Gasteiger partial charge in [0.05, 0.1) is 0 Å². The molecule has 3 N–H and O–H groups in total. The third kappa shape index (κ3) is 5.53. The molecule has 0 spiro atoms. The van der Waals surface area contributed by atoms with Gasteiger partial charge in [-0.15, -0.1) is 0 Å². The van der Waals surface area contributed by atoms with Gasteiger partial charge in [-0.05, 0) is 50.1 Å². The number of carbonyl (C=O) groups excluding carboxylic acids is 3. The number of nitrogens with zero attached hydrogens (tertiary/aromatic N) is 2. The van der Waals surface area contributed by atoms with Gasteiger partial charge in [0.2, 0.25) is 11.8 Å². The van der Waals surface area contributed by atoms with Gasteiger partial charge in [-0.1, -0.05) is 0 Å². The van der Waals surface area contributed by atoms with E-state index >= 15 is 0 Å². The van der Waals surface area contributed by atoms with Gasteiger partial charge >= 0.3 is 0 Å². The van der Waals surface area contributed by atoms with Crippen molar-refractivity contribution < 1.29 is 19.1 Å². The van der Waals surface area contributed by atoms with Crippen LogP contribution < -0.4 is 11.1 Å². The van der Waals surface area contributed by atoms with Crippen LogP contribution in [0.15, 0.2) is 24.3 Å². The lowest BCUT2D eigenvalue weighted by Gasteiger charge is -2.24. The van der Waals surface area contributed by atoms with Crippen LogP contribution in [0.2, 0.25) is 0 Å². The zero-order chi connectivity index (χ0) is 19.9. The highest BCUT2D eigenvalue weighted by Crippen LogP contribution is 2.16. The molecule has 0 radical (unpaired) electrons. The third-order valence-corrected chi connectivity index (χ3v) is 5.21. The Hall–Kier alpha value is -2.45. The normalized spacial score (nSPS) is 20.6. The quantitative estimate of drug-likeness (QED) is 0.751. The number of benzene rings is 1. The molecule has 1 atom stereocenters. The van der Waals surface area contributed by atoms with E-state index in [-0.39, 0.29) is 17.9 Å². The van der Waals surface area contributed by atoms with Gasteiger partial charge in [0.15, 0.2) is 0 Å². The van der Waals surface area contributed by atoms with Crippen LogP contribution in [0.4, 0.5) is 5.69 Å². The second-order valence-electron chi connectivity index (χ2n) is 7.26. The van der Waals surface area contributed by atoms with Crippen molar-refractivity contribution in [1.29, 1.82) is 0 Å². The molecule has 28 heavy (non-hydrogen) atoms. The SMILES string of the molecule is NC(=O)c1ccc(NC(=O)CCN2CCCN(C(=O)[C@H]3CCCO3)CC2)cc1. The highest BCUT2D eigenvalue weighted by molar-refractivity contribution is 5.94. The Morgan fingerprint density at radius 2 is 1.86 bits per heavy atom. The lowest BCUT2D eigenvalue weighted by molar-refractivity contribution is -0.140. The molecule has 2 aliphatic rings. The summed E-state index contributed by atoms with van der Waals surface area (Å²) in [6.45, 7) is 4.38. The highest BCUT2D eigenvalue weighted by atomic mass is 16.5. The molecular formula is C20H28N4O4. The van der Waals surface area contributed by atoms with Crippen LogP contribution >= 0.6 is 0 Å². The van der Waals surface area contributed by atoms with E-state index < -0.39 is 5.91 Å². The minimum atomic E-state index is -0.494. The Labute approximate surface area is 165 Å². The summed E-state index contributed by atoms with van der Waals surface area (Å²) in [6.07, 6.45) is 2.78. The standard InChI is InChI=1S/C20H28N4O4/c21-19(26)15-4-6-16(7-5-15)22-18(25)8-11-23-9-2-10-24(13-12-23)20(27)17-3-1-14-28-17/h4-7,17H,1-3,8-14H2,(H2,21,26)(H,22,25)/t17-/m1/s1. The highest BCUT2D eigenvalue weighted by Gasteiger charge is 2.29. The van der Waals surface area contributed by atoms with Crippen LogP contribution in [0, 0.1) is 0 Å². The third-order valence-electron chi connectivity index (χ3n) is 5.21. The largest absolute Gasteiger partial charge is 0.368 e. The van der Waals surface area contributed by atoms with E-state index in [2.05, 4.69) is 10.2 Å². The predicted molar refractivity (Wildman–Crippen MR) is 105 cm³/mol. The molecule has 3 rings (SSSR count). The van der Waals surface area contributed by atoms with Gasteiger partial charge in [-0.25, -0.2) is 0 Å². The molecule has 3 amide bonds. The van der Waals surface area contributed by atoms with Crippen molar-refractivity contribution >= 4 is 23.4 Å². The van der Waals surface area contributed by atoms with Crippen LogP contribution in [-0.2, 0) is 14.3 Å². The Morgan fingerprint density at radius 1 is 1.07 bits per heavy atom. The first-order valence-corrected chi connectivity index (χ1v) is 9.85. The van der Waals surface area contributed by atoms with Gasteiger partial charge in [0.1, 0.15) is 6.10 Å². The van der Waals surface area contributed by atoms with Gasteiger partial charge in [0, 0.05) is 50.5 Å². The Balaban J connectivity index is 1.41. The summed E-state index contributed by atoms with van der Waals surface area (Å²) in [5.41, 5.74) is 6.25. The molecule has 0 saturated carbocycles. The first-order chi connectivity index (χ1) is 13.5. The summed E-state index contributed by atoms with van der Waals surface area (Å²) in [7, 11) is 0. The number of hydrogen-bond donors (Lipinski definition) is 2. The fraction of sp³-hybridized carbons (Fsp3) is 0.550. The molecule has 8 heteroatoms. The molecule has 1 aromatic carbocycles. The van der Waals surface area contributed by atoms with Gasteiger partial charge < -0.3 is 25.6 Å². The van der Waals surface area contributed by atoms with Crippen LogP contribution in [-0.4, -0.2) is 73.0 Å².